The molecular weight excluding hydrogens is 517 g/mol. The normalized spacial score (nSPS) is 19.5. The quantitative estimate of drug-likeness (QED) is 0.379. The molecule has 0 aromatic heterocycles. The summed E-state index contributed by atoms with van der Waals surface area (Å²) in [6.45, 7) is 5.27. The van der Waals surface area contributed by atoms with Crippen molar-refractivity contribution in [2.24, 2.45) is 0 Å². The Morgan fingerprint density at radius 1 is 1.11 bits per heavy atom. The number of nitrogens with zero attached hydrogens (tertiary/aromatic N) is 1. The molecule has 0 aliphatic carbocycles. The minimum atomic E-state index is -2.26. The summed E-state index contributed by atoms with van der Waals surface area (Å²) in [4.78, 5) is 40.6. The number of ether oxygens (including phenoxy) is 1. The van der Waals surface area contributed by atoms with E-state index in [-0.39, 0.29) is 29.9 Å². The van der Waals surface area contributed by atoms with E-state index in [0.717, 1.165) is 12.1 Å². The molecule has 1 N–H and O–H groups in total. The molecule has 0 spiro atoms. The Morgan fingerprint density at radius 3 is 2.29 bits per heavy atom. The first-order valence-electron chi connectivity index (χ1n) is 10.9. The molecule has 188 valence electrons. The first-order valence-corrected chi connectivity index (χ1v) is 14.1. The van der Waals surface area contributed by atoms with E-state index < -0.39 is 49.3 Å². The van der Waals surface area contributed by atoms with Gasteiger partial charge in [-0.05, 0) is 62.7 Å². The lowest BCUT2D eigenvalue weighted by atomic mass is 9.97. The number of amides is 2. The molecule has 1 fully saturated rings. The van der Waals surface area contributed by atoms with E-state index in [2.05, 4.69) is 5.32 Å². The van der Waals surface area contributed by atoms with Gasteiger partial charge in [-0.1, -0.05) is 23.7 Å². The van der Waals surface area contributed by atoms with Gasteiger partial charge >= 0.3 is 0 Å². The van der Waals surface area contributed by atoms with Gasteiger partial charge in [0.05, 0.1) is 5.69 Å². The summed E-state index contributed by atoms with van der Waals surface area (Å²) in [5.41, 5.74) is -2.05. The summed E-state index contributed by atoms with van der Waals surface area (Å²) in [6.07, 6.45) is 0. The monoisotopic (exact) mass is 542 g/mol. The predicted octanol–water partition coefficient (Wildman–Crippen LogP) is 5.32. The number of carbonyl (C=O) groups excluding carboxylic acids is 3. The van der Waals surface area contributed by atoms with Gasteiger partial charge in [-0.2, -0.15) is 0 Å². The van der Waals surface area contributed by atoms with Crippen LogP contribution in [0.5, 0.6) is 0 Å². The van der Waals surface area contributed by atoms with Crippen molar-refractivity contribution in [1.29, 1.82) is 0 Å². The SMILES string of the molecule is CC(C)(C)OC(=O)[SiH]1CC(C(=O)Nc2ccc(F)cc2F)(N(Cc2ccc(Cl)cc2)C(=O)CCl)C1. The van der Waals surface area contributed by atoms with Crippen molar-refractivity contribution in [1.82, 2.24) is 4.90 Å². The third-order valence-electron chi connectivity index (χ3n) is 5.70. The van der Waals surface area contributed by atoms with Crippen LogP contribution in [0.3, 0.4) is 0 Å². The molecule has 0 bridgehead atoms. The zero-order chi connectivity index (χ0) is 26.0. The molecule has 2 aromatic carbocycles. The minimum Gasteiger partial charge on any atom is -0.465 e. The number of hydrogen-bond acceptors (Lipinski definition) is 4. The predicted molar refractivity (Wildman–Crippen MR) is 133 cm³/mol. The number of anilines is 1. The molecule has 0 unspecified atom stereocenters. The molecule has 2 amide bonds. The van der Waals surface area contributed by atoms with Crippen molar-refractivity contribution >= 4 is 55.1 Å². The fourth-order valence-electron chi connectivity index (χ4n) is 3.99. The Bertz CT molecular complexity index is 1120. The Hall–Kier alpha value is -2.49. The summed E-state index contributed by atoms with van der Waals surface area (Å²) >= 11 is 11.9. The van der Waals surface area contributed by atoms with Crippen molar-refractivity contribution in [3.8, 4) is 0 Å². The van der Waals surface area contributed by atoms with Gasteiger partial charge in [-0.25, -0.2) is 8.78 Å². The standard InChI is InChI=1S/C24H26Cl2F2N2O4Si/c1-23(2,3)34-22(33)35-13-24(14-35,21(32)29-19-9-8-17(27)10-18(19)28)30(20(31)11-25)12-15-4-6-16(26)7-5-15/h4-10,35H,11-14H2,1-3H3,(H,29,32). The molecule has 3 rings (SSSR count). The van der Waals surface area contributed by atoms with Crippen LogP contribution in [-0.2, 0) is 20.9 Å². The molecule has 2 aromatic rings. The highest BCUT2D eigenvalue weighted by Crippen LogP contribution is 2.43. The first-order chi connectivity index (χ1) is 16.3. The largest absolute Gasteiger partial charge is 0.465 e. The molecule has 35 heavy (non-hydrogen) atoms. The second-order valence-electron chi connectivity index (χ2n) is 9.49. The van der Waals surface area contributed by atoms with E-state index in [1.807, 2.05) is 0 Å². The number of rotatable bonds is 7. The number of hydrogen-bond donors (Lipinski definition) is 1. The Balaban J connectivity index is 1.95. The average molecular weight is 543 g/mol. The summed E-state index contributed by atoms with van der Waals surface area (Å²) in [5.74, 6) is -3.35. The lowest BCUT2D eigenvalue weighted by molar-refractivity contribution is -0.143. The molecule has 0 atom stereocenters. The van der Waals surface area contributed by atoms with E-state index in [9.17, 15) is 23.2 Å². The molecule has 1 saturated heterocycles. The fraction of sp³-hybridized carbons (Fsp3) is 0.375. The number of halogens is 4. The topological polar surface area (TPSA) is 75.7 Å². The maximum absolute atomic E-state index is 14.3. The van der Waals surface area contributed by atoms with Crippen molar-refractivity contribution in [3.05, 3.63) is 64.7 Å². The van der Waals surface area contributed by atoms with E-state index in [1.165, 1.54) is 4.90 Å². The van der Waals surface area contributed by atoms with Crippen LogP contribution < -0.4 is 5.32 Å². The van der Waals surface area contributed by atoms with Gasteiger partial charge in [-0.15, -0.1) is 11.6 Å². The molecule has 0 radical (unpaired) electrons. The maximum Gasteiger partial charge on any atom is 0.268 e. The Kier molecular flexibility index (Phi) is 8.24. The third kappa shape index (κ3) is 6.39. The molecule has 0 saturated carbocycles. The maximum atomic E-state index is 14.3. The number of benzene rings is 2. The van der Waals surface area contributed by atoms with Gasteiger partial charge < -0.3 is 15.0 Å². The smallest absolute Gasteiger partial charge is 0.268 e. The summed E-state index contributed by atoms with van der Waals surface area (Å²) in [6, 6.07) is 9.67. The van der Waals surface area contributed by atoms with Gasteiger partial charge in [0.1, 0.15) is 28.7 Å². The van der Waals surface area contributed by atoms with Crippen molar-refractivity contribution in [2.75, 3.05) is 11.2 Å². The number of nitrogens with one attached hydrogen (secondary N) is 1. The third-order valence-corrected chi connectivity index (χ3v) is 9.30. The van der Waals surface area contributed by atoms with Crippen LogP contribution >= 0.6 is 23.2 Å². The Labute approximate surface area is 214 Å². The van der Waals surface area contributed by atoms with Gasteiger partial charge in [0.2, 0.25) is 11.8 Å². The lowest BCUT2D eigenvalue weighted by Crippen LogP contribution is -2.69. The van der Waals surface area contributed by atoms with Gasteiger partial charge in [0.15, 0.2) is 8.80 Å². The second-order valence-corrected chi connectivity index (χ2v) is 12.9. The van der Waals surface area contributed by atoms with E-state index in [0.29, 0.717) is 16.7 Å². The highest BCUT2D eigenvalue weighted by molar-refractivity contribution is 6.92. The van der Waals surface area contributed by atoms with Gasteiger partial charge in [0, 0.05) is 17.6 Å². The first kappa shape index (κ1) is 27.1. The average Bonchev–Trinajstić information content (AvgIpc) is 2.73. The Morgan fingerprint density at radius 2 is 1.74 bits per heavy atom. The molecule has 1 heterocycles. The zero-order valence-electron chi connectivity index (χ0n) is 19.5. The van der Waals surface area contributed by atoms with Crippen LogP contribution in [0.15, 0.2) is 42.5 Å². The number of alkyl halides is 1. The van der Waals surface area contributed by atoms with Crippen LogP contribution in [0.4, 0.5) is 19.3 Å². The van der Waals surface area contributed by atoms with Crippen LogP contribution in [-0.4, -0.2) is 48.1 Å². The van der Waals surface area contributed by atoms with Crippen molar-refractivity contribution in [2.45, 2.75) is 50.5 Å². The molecule has 11 heteroatoms. The van der Waals surface area contributed by atoms with E-state index in [4.69, 9.17) is 27.9 Å². The number of carbonyl (C=O) groups is 3. The van der Waals surface area contributed by atoms with Crippen LogP contribution in [0.25, 0.3) is 0 Å². The fourth-order valence-corrected chi connectivity index (χ4v) is 7.43. The van der Waals surface area contributed by atoms with Gasteiger partial charge in [-0.3, -0.25) is 14.4 Å². The van der Waals surface area contributed by atoms with E-state index >= 15 is 0 Å². The summed E-state index contributed by atoms with van der Waals surface area (Å²) in [5, 5.41) is 2.98. The van der Waals surface area contributed by atoms with E-state index in [1.54, 1.807) is 45.0 Å². The van der Waals surface area contributed by atoms with Crippen LogP contribution in [0.2, 0.25) is 17.1 Å². The molecule has 6 nitrogen and oxygen atoms in total. The van der Waals surface area contributed by atoms with Gasteiger partial charge in [0.25, 0.3) is 5.59 Å². The molecule has 1 aliphatic heterocycles. The lowest BCUT2D eigenvalue weighted by Gasteiger charge is -2.51. The van der Waals surface area contributed by atoms with Crippen molar-refractivity contribution in [3.63, 3.8) is 0 Å². The highest BCUT2D eigenvalue weighted by atomic mass is 35.5. The van der Waals surface area contributed by atoms with Crippen LogP contribution in [0, 0.1) is 11.6 Å². The molecular formula is C24H26Cl2F2N2O4Si. The van der Waals surface area contributed by atoms with Crippen molar-refractivity contribution < 1.29 is 27.9 Å². The highest BCUT2D eigenvalue weighted by Gasteiger charge is 2.59. The summed E-state index contributed by atoms with van der Waals surface area (Å²) in [7, 11) is -2.26. The zero-order valence-corrected chi connectivity index (χ0v) is 22.2. The minimum absolute atomic E-state index is 0.0253. The second kappa shape index (κ2) is 10.6. The summed E-state index contributed by atoms with van der Waals surface area (Å²) < 4.78 is 33.1. The molecule has 1 aliphatic rings. The van der Waals surface area contributed by atoms with Crippen LogP contribution in [0.1, 0.15) is 26.3 Å².